The minimum Gasteiger partial charge on any atom is -0.459 e. The number of likely N-dealkylation sites (N-methyl/N-ethyl adjacent to an activating group) is 1. The van der Waals surface area contributed by atoms with Crippen LogP contribution < -0.4 is 5.32 Å². The molecule has 1 aromatic heterocycles. The molecule has 0 aliphatic rings. The van der Waals surface area contributed by atoms with E-state index in [1.165, 1.54) is 0 Å². The molecule has 0 aliphatic heterocycles. The molecule has 1 atom stereocenters. The first-order chi connectivity index (χ1) is 11.1. The SMILES string of the molecule is CCC(C(=O)NCc1ccc(-c2ccccc2Cl)o1)N(C)CC. The van der Waals surface area contributed by atoms with Crippen molar-refractivity contribution in [2.24, 2.45) is 0 Å². The van der Waals surface area contributed by atoms with Crippen molar-refractivity contribution in [2.75, 3.05) is 13.6 Å². The first kappa shape index (κ1) is 17.6. The van der Waals surface area contributed by atoms with Crippen LogP contribution in [0.5, 0.6) is 0 Å². The van der Waals surface area contributed by atoms with E-state index >= 15 is 0 Å². The number of amides is 1. The Hall–Kier alpha value is -1.78. The zero-order chi connectivity index (χ0) is 16.8. The fraction of sp³-hybridized carbons (Fsp3) is 0.389. The summed E-state index contributed by atoms with van der Waals surface area (Å²) in [5.41, 5.74) is 0.851. The summed E-state index contributed by atoms with van der Waals surface area (Å²) in [5, 5.41) is 3.58. The van der Waals surface area contributed by atoms with Gasteiger partial charge in [0.05, 0.1) is 17.6 Å². The number of halogens is 1. The fourth-order valence-electron chi connectivity index (χ4n) is 2.49. The molecule has 0 radical (unpaired) electrons. The molecular formula is C18H23ClN2O2. The van der Waals surface area contributed by atoms with Gasteiger partial charge in [0.2, 0.25) is 5.91 Å². The van der Waals surface area contributed by atoms with Crippen LogP contribution in [0.15, 0.2) is 40.8 Å². The molecule has 1 unspecified atom stereocenters. The number of nitrogens with one attached hydrogen (secondary N) is 1. The third kappa shape index (κ3) is 4.36. The normalized spacial score (nSPS) is 12.4. The van der Waals surface area contributed by atoms with Gasteiger partial charge in [-0.1, -0.05) is 37.6 Å². The number of benzene rings is 1. The second kappa shape index (κ2) is 8.18. The standard InChI is InChI=1S/C18H23ClN2O2/c1-4-16(21(3)5-2)18(22)20-12-13-10-11-17(23-13)14-8-6-7-9-15(14)19/h6-11,16H,4-5,12H2,1-3H3,(H,20,22). The van der Waals surface area contributed by atoms with Crippen molar-refractivity contribution in [2.45, 2.75) is 32.9 Å². The first-order valence-electron chi connectivity index (χ1n) is 7.88. The maximum atomic E-state index is 12.3. The van der Waals surface area contributed by atoms with E-state index in [1.54, 1.807) is 0 Å². The minimum absolute atomic E-state index is 0.0209. The van der Waals surface area contributed by atoms with Gasteiger partial charge < -0.3 is 9.73 Å². The van der Waals surface area contributed by atoms with Crippen molar-refractivity contribution in [1.82, 2.24) is 10.2 Å². The Kier molecular flexibility index (Phi) is 6.25. The second-order valence-corrected chi connectivity index (χ2v) is 5.87. The van der Waals surface area contributed by atoms with Gasteiger partial charge in [0.25, 0.3) is 0 Å². The van der Waals surface area contributed by atoms with E-state index < -0.39 is 0 Å². The summed E-state index contributed by atoms with van der Waals surface area (Å²) in [7, 11) is 1.95. The van der Waals surface area contributed by atoms with Crippen LogP contribution in [0.25, 0.3) is 11.3 Å². The number of carbonyl (C=O) groups excluding carboxylic acids is 1. The third-order valence-electron chi connectivity index (χ3n) is 3.96. The Morgan fingerprint density at radius 3 is 2.65 bits per heavy atom. The highest BCUT2D eigenvalue weighted by Crippen LogP contribution is 2.28. The molecule has 0 bridgehead atoms. The van der Waals surface area contributed by atoms with Crippen LogP contribution in [0.1, 0.15) is 26.0 Å². The van der Waals surface area contributed by atoms with Gasteiger partial charge in [-0.05, 0) is 44.3 Å². The molecule has 124 valence electrons. The maximum Gasteiger partial charge on any atom is 0.237 e. The molecule has 0 fully saturated rings. The molecule has 0 saturated heterocycles. The summed E-state index contributed by atoms with van der Waals surface area (Å²) < 4.78 is 5.79. The Balaban J connectivity index is 2.00. The van der Waals surface area contributed by atoms with Crippen LogP contribution in [0.2, 0.25) is 5.02 Å². The number of hydrogen-bond acceptors (Lipinski definition) is 3. The molecule has 0 saturated carbocycles. The summed E-state index contributed by atoms with van der Waals surface area (Å²) in [5.74, 6) is 1.44. The highest BCUT2D eigenvalue weighted by Gasteiger charge is 2.20. The zero-order valence-electron chi connectivity index (χ0n) is 13.8. The van der Waals surface area contributed by atoms with Crippen LogP contribution in [0.3, 0.4) is 0 Å². The van der Waals surface area contributed by atoms with Crippen LogP contribution in [0.4, 0.5) is 0 Å². The molecule has 1 amide bonds. The number of furan rings is 1. The summed E-state index contributed by atoms with van der Waals surface area (Å²) in [6, 6.07) is 11.2. The van der Waals surface area contributed by atoms with Crippen molar-refractivity contribution >= 4 is 17.5 Å². The van der Waals surface area contributed by atoms with E-state index in [2.05, 4.69) is 5.32 Å². The molecule has 2 rings (SSSR count). The lowest BCUT2D eigenvalue weighted by Gasteiger charge is -2.24. The smallest absolute Gasteiger partial charge is 0.237 e. The molecule has 0 spiro atoms. The van der Waals surface area contributed by atoms with Gasteiger partial charge in [0.1, 0.15) is 11.5 Å². The van der Waals surface area contributed by atoms with Gasteiger partial charge in [-0.25, -0.2) is 0 Å². The quantitative estimate of drug-likeness (QED) is 0.834. The summed E-state index contributed by atoms with van der Waals surface area (Å²) in [4.78, 5) is 14.3. The van der Waals surface area contributed by atoms with E-state index in [0.717, 1.165) is 18.5 Å². The van der Waals surface area contributed by atoms with Crippen LogP contribution in [0, 0.1) is 0 Å². The van der Waals surface area contributed by atoms with Crippen molar-refractivity contribution in [3.63, 3.8) is 0 Å². The summed E-state index contributed by atoms with van der Waals surface area (Å²) >= 11 is 6.17. The number of rotatable bonds is 7. The third-order valence-corrected chi connectivity index (χ3v) is 4.29. The predicted molar refractivity (Wildman–Crippen MR) is 93.4 cm³/mol. The van der Waals surface area contributed by atoms with Crippen molar-refractivity contribution in [1.29, 1.82) is 0 Å². The largest absolute Gasteiger partial charge is 0.459 e. The molecule has 0 aliphatic carbocycles. The highest BCUT2D eigenvalue weighted by atomic mass is 35.5. The highest BCUT2D eigenvalue weighted by molar-refractivity contribution is 6.33. The van der Waals surface area contributed by atoms with Crippen LogP contribution in [-0.2, 0) is 11.3 Å². The van der Waals surface area contributed by atoms with Crippen molar-refractivity contribution < 1.29 is 9.21 Å². The van der Waals surface area contributed by atoms with E-state index in [9.17, 15) is 4.79 Å². The molecule has 1 heterocycles. The molecule has 1 aromatic carbocycles. The lowest BCUT2D eigenvalue weighted by molar-refractivity contribution is -0.126. The number of carbonyl (C=O) groups is 1. The first-order valence-corrected chi connectivity index (χ1v) is 8.26. The molecule has 2 aromatic rings. The van der Waals surface area contributed by atoms with E-state index in [0.29, 0.717) is 23.1 Å². The Morgan fingerprint density at radius 1 is 1.26 bits per heavy atom. The fourth-order valence-corrected chi connectivity index (χ4v) is 2.72. The van der Waals surface area contributed by atoms with E-state index in [1.807, 2.05) is 62.2 Å². The number of hydrogen-bond donors (Lipinski definition) is 1. The van der Waals surface area contributed by atoms with Gasteiger partial charge in [-0.15, -0.1) is 0 Å². The second-order valence-electron chi connectivity index (χ2n) is 5.46. The Labute approximate surface area is 142 Å². The maximum absolute atomic E-state index is 12.3. The van der Waals surface area contributed by atoms with E-state index in [-0.39, 0.29) is 11.9 Å². The lowest BCUT2D eigenvalue weighted by Crippen LogP contribution is -2.44. The van der Waals surface area contributed by atoms with Gasteiger partial charge >= 0.3 is 0 Å². The van der Waals surface area contributed by atoms with Gasteiger partial charge in [0, 0.05) is 5.56 Å². The van der Waals surface area contributed by atoms with Gasteiger partial charge in [0.15, 0.2) is 0 Å². The topological polar surface area (TPSA) is 45.5 Å². The summed E-state index contributed by atoms with van der Waals surface area (Å²) in [6.07, 6.45) is 0.777. The van der Waals surface area contributed by atoms with E-state index in [4.69, 9.17) is 16.0 Å². The van der Waals surface area contributed by atoms with Gasteiger partial charge in [-0.2, -0.15) is 0 Å². The molecule has 1 N–H and O–H groups in total. The molecule has 4 nitrogen and oxygen atoms in total. The van der Waals surface area contributed by atoms with Crippen molar-refractivity contribution in [3.8, 4) is 11.3 Å². The Bertz CT molecular complexity index is 654. The number of nitrogens with zero attached hydrogens (tertiary/aromatic N) is 1. The average Bonchev–Trinajstić information content (AvgIpc) is 3.02. The monoisotopic (exact) mass is 334 g/mol. The predicted octanol–water partition coefficient (Wildman–Crippen LogP) is 3.95. The van der Waals surface area contributed by atoms with Crippen molar-refractivity contribution in [3.05, 3.63) is 47.2 Å². The Morgan fingerprint density at radius 2 is 2.00 bits per heavy atom. The lowest BCUT2D eigenvalue weighted by atomic mass is 10.2. The van der Waals surface area contributed by atoms with Crippen LogP contribution >= 0.6 is 11.6 Å². The molecular weight excluding hydrogens is 312 g/mol. The molecule has 5 heteroatoms. The van der Waals surface area contributed by atoms with Gasteiger partial charge in [-0.3, -0.25) is 9.69 Å². The van der Waals surface area contributed by atoms with Crippen LogP contribution in [-0.4, -0.2) is 30.4 Å². The zero-order valence-corrected chi connectivity index (χ0v) is 14.6. The molecule has 23 heavy (non-hydrogen) atoms. The summed E-state index contributed by atoms with van der Waals surface area (Å²) in [6.45, 7) is 5.26. The average molecular weight is 335 g/mol. The minimum atomic E-state index is -0.113.